The van der Waals surface area contributed by atoms with Gasteiger partial charge in [-0.15, -0.1) is 0 Å². The van der Waals surface area contributed by atoms with Gasteiger partial charge in [0.05, 0.1) is 6.61 Å². The molecule has 2 unspecified atom stereocenters. The highest BCUT2D eigenvalue weighted by Gasteiger charge is 2.22. The highest BCUT2D eigenvalue weighted by atomic mass is 16.5. The van der Waals surface area contributed by atoms with E-state index in [9.17, 15) is 0 Å². The fourth-order valence-corrected chi connectivity index (χ4v) is 2.20. The number of nitrogens with zero attached hydrogens (tertiary/aromatic N) is 1. The summed E-state index contributed by atoms with van der Waals surface area (Å²) in [5, 5.41) is 0. The number of methoxy groups -OCH3 is 1. The molecule has 0 amide bonds. The number of ether oxygens (including phenoxy) is 1. The standard InChI is InChI=1S/C14H24N2O/c1-4-16(10-11-17-3)14(12(2)15)13-8-6-5-7-9-13/h5-9,12,14H,4,10-11,15H2,1-3H3. The molecule has 0 aliphatic rings. The molecule has 0 aromatic heterocycles. The molecule has 0 bridgehead atoms. The van der Waals surface area contributed by atoms with Crippen LogP contribution in [0, 0.1) is 0 Å². The number of likely N-dealkylation sites (N-methyl/N-ethyl adjacent to an activating group) is 1. The Kier molecular flexibility index (Phi) is 6.19. The van der Waals surface area contributed by atoms with Crippen LogP contribution < -0.4 is 5.73 Å². The minimum Gasteiger partial charge on any atom is -0.383 e. The number of benzene rings is 1. The SMILES string of the molecule is CCN(CCOC)C(c1ccccc1)C(C)N. The van der Waals surface area contributed by atoms with Crippen LogP contribution >= 0.6 is 0 Å². The third kappa shape index (κ3) is 4.11. The van der Waals surface area contributed by atoms with Crippen molar-refractivity contribution in [1.82, 2.24) is 4.90 Å². The summed E-state index contributed by atoms with van der Waals surface area (Å²) in [6.07, 6.45) is 0. The predicted molar refractivity (Wildman–Crippen MR) is 72.0 cm³/mol. The maximum atomic E-state index is 6.13. The van der Waals surface area contributed by atoms with Gasteiger partial charge >= 0.3 is 0 Å². The molecule has 0 saturated carbocycles. The van der Waals surface area contributed by atoms with Crippen LogP contribution in [0.3, 0.4) is 0 Å². The Morgan fingerprint density at radius 2 is 1.94 bits per heavy atom. The molecule has 96 valence electrons. The van der Waals surface area contributed by atoms with Gasteiger partial charge in [-0.05, 0) is 19.0 Å². The molecule has 0 aliphatic heterocycles. The average molecular weight is 236 g/mol. The first-order valence-corrected chi connectivity index (χ1v) is 6.24. The second-order valence-corrected chi connectivity index (χ2v) is 4.34. The largest absolute Gasteiger partial charge is 0.383 e. The Morgan fingerprint density at radius 1 is 1.29 bits per heavy atom. The van der Waals surface area contributed by atoms with Crippen LogP contribution in [0.1, 0.15) is 25.5 Å². The fraction of sp³-hybridized carbons (Fsp3) is 0.571. The second-order valence-electron chi connectivity index (χ2n) is 4.34. The lowest BCUT2D eigenvalue weighted by Crippen LogP contribution is -2.41. The van der Waals surface area contributed by atoms with Crippen LogP contribution in [-0.4, -0.2) is 37.7 Å². The Morgan fingerprint density at radius 3 is 2.41 bits per heavy atom. The molecule has 0 aliphatic carbocycles. The van der Waals surface area contributed by atoms with Crippen LogP contribution in [0.5, 0.6) is 0 Å². The van der Waals surface area contributed by atoms with Crippen LogP contribution in [0.2, 0.25) is 0 Å². The molecule has 1 aromatic carbocycles. The predicted octanol–water partition coefficient (Wildman–Crippen LogP) is 2.04. The van der Waals surface area contributed by atoms with Gasteiger partial charge in [0, 0.05) is 25.7 Å². The number of hydrogen-bond acceptors (Lipinski definition) is 3. The maximum Gasteiger partial charge on any atom is 0.0589 e. The van der Waals surface area contributed by atoms with Crippen LogP contribution in [-0.2, 0) is 4.74 Å². The first kappa shape index (κ1) is 14.2. The molecule has 0 spiro atoms. The normalized spacial score (nSPS) is 14.9. The molecule has 0 heterocycles. The van der Waals surface area contributed by atoms with E-state index in [-0.39, 0.29) is 12.1 Å². The first-order chi connectivity index (χ1) is 8.20. The molecular weight excluding hydrogens is 212 g/mol. The summed E-state index contributed by atoms with van der Waals surface area (Å²) in [5.74, 6) is 0. The summed E-state index contributed by atoms with van der Waals surface area (Å²) in [6.45, 7) is 6.85. The van der Waals surface area contributed by atoms with Gasteiger partial charge in [-0.1, -0.05) is 37.3 Å². The van der Waals surface area contributed by atoms with Gasteiger partial charge in [-0.25, -0.2) is 0 Å². The van der Waals surface area contributed by atoms with Crippen molar-refractivity contribution < 1.29 is 4.74 Å². The lowest BCUT2D eigenvalue weighted by Gasteiger charge is -2.33. The molecule has 2 N–H and O–H groups in total. The highest BCUT2D eigenvalue weighted by Crippen LogP contribution is 2.22. The van der Waals surface area contributed by atoms with Crippen LogP contribution in [0.25, 0.3) is 0 Å². The van der Waals surface area contributed by atoms with Crippen molar-refractivity contribution in [3.8, 4) is 0 Å². The van der Waals surface area contributed by atoms with E-state index in [2.05, 4.69) is 43.0 Å². The molecule has 0 radical (unpaired) electrons. The van der Waals surface area contributed by atoms with E-state index in [4.69, 9.17) is 10.5 Å². The highest BCUT2D eigenvalue weighted by molar-refractivity contribution is 5.20. The summed E-state index contributed by atoms with van der Waals surface area (Å²) >= 11 is 0. The zero-order valence-corrected chi connectivity index (χ0v) is 11.1. The van der Waals surface area contributed by atoms with Crippen molar-refractivity contribution in [3.63, 3.8) is 0 Å². The first-order valence-electron chi connectivity index (χ1n) is 6.24. The molecule has 0 fully saturated rings. The summed E-state index contributed by atoms with van der Waals surface area (Å²) in [7, 11) is 1.73. The summed E-state index contributed by atoms with van der Waals surface area (Å²) in [6, 6.07) is 10.8. The zero-order chi connectivity index (χ0) is 12.7. The van der Waals surface area contributed by atoms with Crippen LogP contribution in [0.4, 0.5) is 0 Å². The maximum absolute atomic E-state index is 6.13. The van der Waals surface area contributed by atoms with Gasteiger partial charge in [0.25, 0.3) is 0 Å². The Balaban J connectivity index is 2.83. The summed E-state index contributed by atoms with van der Waals surface area (Å²) < 4.78 is 5.16. The van der Waals surface area contributed by atoms with E-state index in [1.165, 1.54) is 5.56 Å². The van der Waals surface area contributed by atoms with Gasteiger partial charge < -0.3 is 10.5 Å². The smallest absolute Gasteiger partial charge is 0.0589 e. The third-order valence-corrected chi connectivity index (χ3v) is 3.02. The minimum atomic E-state index is 0.106. The van der Waals surface area contributed by atoms with Gasteiger partial charge in [-0.2, -0.15) is 0 Å². The zero-order valence-electron chi connectivity index (χ0n) is 11.1. The van der Waals surface area contributed by atoms with E-state index in [0.717, 1.165) is 19.7 Å². The van der Waals surface area contributed by atoms with Crippen molar-refractivity contribution >= 4 is 0 Å². The molecule has 1 rings (SSSR count). The summed E-state index contributed by atoms with van der Waals surface area (Å²) in [4.78, 5) is 2.36. The van der Waals surface area contributed by atoms with Crippen molar-refractivity contribution in [2.24, 2.45) is 5.73 Å². The monoisotopic (exact) mass is 236 g/mol. The van der Waals surface area contributed by atoms with Gasteiger partial charge in [-0.3, -0.25) is 4.90 Å². The van der Waals surface area contributed by atoms with Crippen molar-refractivity contribution in [1.29, 1.82) is 0 Å². The molecule has 3 heteroatoms. The number of rotatable bonds is 7. The minimum absolute atomic E-state index is 0.106. The van der Waals surface area contributed by atoms with Gasteiger partial charge in [0.15, 0.2) is 0 Å². The van der Waals surface area contributed by atoms with Crippen molar-refractivity contribution in [2.45, 2.75) is 25.9 Å². The van der Waals surface area contributed by atoms with Gasteiger partial charge in [0.1, 0.15) is 0 Å². The third-order valence-electron chi connectivity index (χ3n) is 3.02. The Hall–Kier alpha value is -0.900. The van der Waals surface area contributed by atoms with E-state index in [1.807, 2.05) is 6.07 Å². The Bertz CT molecular complexity index is 300. The molecule has 3 nitrogen and oxygen atoms in total. The average Bonchev–Trinajstić information content (AvgIpc) is 2.35. The molecular formula is C14H24N2O. The lowest BCUT2D eigenvalue weighted by atomic mass is 9.99. The Labute approximate surface area is 105 Å². The quantitative estimate of drug-likeness (QED) is 0.787. The van der Waals surface area contributed by atoms with Crippen molar-refractivity contribution in [2.75, 3.05) is 26.8 Å². The number of nitrogens with two attached hydrogens (primary N) is 1. The van der Waals surface area contributed by atoms with E-state index in [0.29, 0.717) is 0 Å². The summed E-state index contributed by atoms with van der Waals surface area (Å²) in [5.41, 5.74) is 7.41. The van der Waals surface area contributed by atoms with E-state index in [1.54, 1.807) is 7.11 Å². The fourth-order valence-electron chi connectivity index (χ4n) is 2.20. The van der Waals surface area contributed by atoms with Crippen LogP contribution in [0.15, 0.2) is 30.3 Å². The molecule has 2 atom stereocenters. The van der Waals surface area contributed by atoms with E-state index >= 15 is 0 Å². The molecule has 1 aromatic rings. The second kappa shape index (κ2) is 7.43. The number of hydrogen-bond donors (Lipinski definition) is 1. The van der Waals surface area contributed by atoms with Gasteiger partial charge in [0.2, 0.25) is 0 Å². The lowest BCUT2D eigenvalue weighted by molar-refractivity contribution is 0.115. The topological polar surface area (TPSA) is 38.5 Å². The molecule has 17 heavy (non-hydrogen) atoms. The van der Waals surface area contributed by atoms with Crippen molar-refractivity contribution in [3.05, 3.63) is 35.9 Å². The van der Waals surface area contributed by atoms with E-state index < -0.39 is 0 Å². The molecule has 0 saturated heterocycles.